The van der Waals surface area contributed by atoms with E-state index in [-0.39, 0.29) is 29.5 Å². The Hall–Kier alpha value is -1.83. The first-order valence-corrected chi connectivity index (χ1v) is 6.84. The molecule has 118 valence electrons. The minimum atomic E-state index is 0. The quantitative estimate of drug-likeness (QED) is 0.458. The minimum absolute atomic E-state index is 0. The number of halogens is 1. The zero-order chi connectivity index (χ0) is 15.1. The molecule has 1 aromatic heterocycles. The highest BCUT2D eigenvalue weighted by atomic mass is 127. The predicted molar refractivity (Wildman–Crippen MR) is 101 cm³/mol. The van der Waals surface area contributed by atoms with Crippen LogP contribution in [0, 0.1) is 0 Å². The molecule has 6 heteroatoms. The molecular formula is C16H21IN4O. The van der Waals surface area contributed by atoms with Gasteiger partial charge in [0.2, 0.25) is 0 Å². The molecule has 0 aliphatic heterocycles. The summed E-state index contributed by atoms with van der Waals surface area (Å²) in [4.78, 5) is 15.7. The van der Waals surface area contributed by atoms with Crippen LogP contribution in [0.4, 0.5) is 0 Å². The van der Waals surface area contributed by atoms with Crippen molar-refractivity contribution in [2.75, 3.05) is 14.1 Å². The van der Waals surface area contributed by atoms with E-state index in [1.807, 2.05) is 25.2 Å². The molecule has 0 atom stereocenters. The van der Waals surface area contributed by atoms with Gasteiger partial charge < -0.3 is 15.2 Å². The summed E-state index contributed by atoms with van der Waals surface area (Å²) in [5.74, 6) is 0.759. The molecule has 0 saturated heterocycles. The molecule has 0 aliphatic carbocycles. The van der Waals surface area contributed by atoms with Crippen LogP contribution >= 0.6 is 24.0 Å². The van der Waals surface area contributed by atoms with E-state index in [4.69, 9.17) is 0 Å². The largest absolute Gasteiger partial charge is 0.359 e. The summed E-state index contributed by atoms with van der Waals surface area (Å²) in [5, 5.41) is 6.17. The molecule has 2 aromatic rings. The molecule has 0 unspecified atom stereocenters. The fourth-order valence-electron chi connectivity index (χ4n) is 2.02. The van der Waals surface area contributed by atoms with Crippen molar-refractivity contribution in [2.45, 2.75) is 13.1 Å². The van der Waals surface area contributed by atoms with Gasteiger partial charge in [-0.2, -0.15) is 0 Å². The highest BCUT2D eigenvalue weighted by Crippen LogP contribution is 2.05. The SMILES string of the molecule is CN=C(NC)NCc1ccc(Cn2ccccc2=O)cc1.I. The first-order valence-electron chi connectivity index (χ1n) is 6.84. The second-order valence-electron chi connectivity index (χ2n) is 4.66. The van der Waals surface area contributed by atoms with Crippen LogP contribution in [0.3, 0.4) is 0 Å². The third kappa shape index (κ3) is 5.18. The fourth-order valence-corrected chi connectivity index (χ4v) is 2.02. The van der Waals surface area contributed by atoms with Crippen molar-refractivity contribution in [1.82, 2.24) is 15.2 Å². The molecule has 0 bridgehead atoms. The van der Waals surface area contributed by atoms with E-state index in [1.165, 1.54) is 0 Å². The molecule has 0 aliphatic rings. The Labute approximate surface area is 147 Å². The van der Waals surface area contributed by atoms with Gasteiger partial charge in [-0.15, -0.1) is 24.0 Å². The highest BCUT2D eigenvalue weighted by Gasteiger charge is 1.99. The second-order valence-corrected chi connectivity index (χ2v) is 4.66. The highest BCUT2D eigenvalue weighted by molar-refractivity contribution is 14.0. The van der Waals surface area contributed by atoms with Gasteiger partial charge in [-0.25, -0.2) is 0 Å². The number of guanidine groups is 1. The number of benzene rings is 1. The van der Waals surface area contributed by atoms with Crippen LogP contribution < -0.4 is 16.2 Å². The van der Waals surface area contributed by atoms with Gasteiger partial charge in [-0.05, 0) is 17.2 Å². The van der Waals surface area contributed by atoms with Crippen LogP contribution in [0.5, 0.6) is 0 Å². The lowest BCUT2D eigenvalue weighted by atomic mass is 10.1. The molecular weight excluding hydrogens is 391 g/mol. The zero-order valence-corrected chi connectivity index (χ0v) is 15.1. The maximum atomic E-state index is 11.7. The second kappa shape index (κ2) is 9.24. The first-order chi connectivity index (χ1) is 10.2. The van der Waals surface area contributed by atoms with Crippen molar-refractivity contribution in [3.05, 3.63) is 70.1 Å². The van der Waals surface area contributed by atoms with Gasteiger partial charge in [0.25, 0.3) is 5.56 Å². The molecule has 1 aromatic carbocycles. The van der Waals surface area contributed by atoms with Crippen LogP contribution in [0.1, 0.15) is 11.1 Å². The predicted octanol–water partition coefficient (Wildman–Crippen LogP) is 1.81. The summed E-state index contributed by atoms with van der Waals surface area (Å²) in [6.07, 6.45) is 1.80. The van der Waals surface area contributed by atoms with Gasteiger partial charge >= 0.3 is 0 Å². The Morgan fingerprint density at radius 1 is 1.14 bits per heavy atom. The number of aliphatic imine (C=N–C) groups is 1. The van der Waals surface area contributed by atoms with Gasteiger partial charge in [-0.1, -0.05) is 30.3 Å². The molecule has 0 spiro atoms. The van der Waals surface area contributed by atoms with Crippen molar-refractivity contribution in [2.24, 2.45) is 4.99 Å². The van der Waals surface area contributed by atoms with Crippen molar-refractivity contribution < 1.29 is 0 Å². The normalized spacial score (nSPS) is 10.7. The van der Waals surface area contributed by atoms with Gasteiger partial charge in [0, 0.05) is 32.9 Å². The van der Waals surface area contributed by atoms with Crippen LogP contribution in [0.15, 0.2) is 58.4 Å². The third-order valence-electron chi connectivity index (χ3n) is 3.20. The Morgan fingerprint density at radius 2 is 1.82 bits per heavy atom. The van der Waals surface area contributed by atoms with Crippen LogP contribution in [-0.4, -0.2) is 24.6 Å². The molecule has 2 rings (SSSR count). The van der Waals surface area contributed by atoms with Crippen molar-refractivity contribution in [3.63, 3.8) is 0 Å². The van der Waals surface area contributed by atoms with Crippen molar-refractivity contribution in [1.29, 1.82) is 0 Å². The van der Waals surface area contributed by atoms with E-state index in [9.17, 15) is 4.79 Å². The number of rotatable bonds is 4. The average molecular weight is 412 g/mol. The van der Waals surface area contributed by atoms with Crippen molar-refractivity contribution in [3.8, 4) is 0 Å². The lowest BCUT2D eigenvalue weighted by Crippen LogP contribution is -2.34. The smallest absolute Gasteiger partial charge is 0.250 e. The summed E-state index contributed by atoms with van der Waals surface area (Å²) < 4.78 is 1.69. The molecule has 0 fully saturated rings. The summed E-state index contributed by atoms with van der Waals surface area (Å²) in [6.45, 7) is 1.30. The van der Waals surface area contributed by atoms with E-state index in [2.05, 4.69) is 27.8 Å². The summed E-state index contributed by atoms with van der Waals surface area (Å²) >= 11 is 0. The molecule has 2 N–H and O–H groups in total. The number of pyridine rings is 1. The van der Waals surface area contributed by atoms with E-state index < -0.39 is 0 Å². The lowest BCUT2D eigenvalue weighted by molar-refractivity contribution is 0.758. The monoisotopic (exact) mass is 412 g/mol. The minimum Gasteiger partial charge on any atom is -0.359 e. The Morgan fingerprint density at radius 3 is 2.41 bits per heavy atom. The Kier molecular flexibility index (Phi) is 7.65. The molecule has 1 heterocycles. The summed E-state index contributed by atoms with van der Waals surface area (Å²) in [6, 6.07) is 13.4. The number of hydrogen-bond donors (Lipinski definition) is 2. The summed E-state index contributed by atoms with van der Waals surface area (Å²) in [7, 11) is 3.57. The molecule has 0 amide bonds. The fraction of sp³-hybridized carbons (Fsp3) is 0.250. The van der Waals surface area contributed by atoms with E-state index >= 15 is 0 Å². The number of aromatic nitrogens is 1. The molecule has 0 saturated carbocycles. The van der Waals surface area contributed by atoms with Gasteiger partial charge in [-0.3, -0.25) is 9.79 Å². The number of nitrogens with zero attached hydrogens (tertiary/aromatic N) is 2. The molecule has 0 radical (unpaired) electrons. The van der Waals surface area contributed by atoms with Gasteiger partial charge in [0.15, 0.2) is 5.96 Å². The van der Waals surface area contributed by atoms with Gasteiger partial charge in [0.1, 0.15) is 0 Å². The molecule has 22 heavy (non-hydrogen) atoms. The standard InChI is InChI=1S/C16H20N4O.HI/c1-17-16(18-2)19-11-13-6-8-14(9-7-13)12-20-10-4-3-5-15(20)21;/h3-10H,11-12H2,1-2H3,(H2,17,18,19);1H. The maximum absolute atomic E-state index is 11.7. The summed E-state index contributed by atoms with van der Waals surface area (Å²) in [5.41, 5.74) is 2.28. The number of hydrogen-bond acceptors (Lipinski definition) is 2. The van der Waals surface area contributed by atoms with Crippen LogP contribution in [0.2, 0.25) is 0 Å². The van der Waals surface area contributed by atoms with Gasteiger partial charge in [0.05, 0.1) is 6.54 Å². The van der Waals surface area contributed by atoms with Crippen molar-refractivity contribution >= 4 is 29.9 Å². The van der Waals surface area contributed by atoms with Crippen LogP contribution in [0.25, 0.3) is 0 Å². The Balaban J connectivity index is 0.00000242. The van der Waals surface area contributed by atoms with E-state index in [0.29, 0.717) is 13.1 Å². The van der Waals surface area contributed by atoms with E-state index in [0.717, 1.165) is 17.1 Å². The van der Waals surface area contributed by atoms with Crippen LogP contribution in [-0.2, 0) is 13.1 Å². The van der Waals surface area contributed by atoms with E-state index in [1.54, 1.807) is 29.9 Å². The first kappa shape index (κ1) is 18.2. The molecule has 5 nitrogen and oxygen atoms in total. The topological polar surface area (TPSA) is 58.4 Å². The average Bonchev–Trinajstić information content (AvgIpc) is 2.52. The number of nitrogens with one attached hydrogen (secondary N) is 2. The maximum Gasteiger partial charge on any atom is 0.250 e. The lowest BCUT2D eigenvalue weighted by Gasteiger charge is -2.09. The third-order valence-corrected chi connectivity index (χ3v) is 3.20. The zero-order valence-electron chi connectivity index (χ0n) is 12.7. The Bertz CT molecular complexity index is 664.